The van der Waals surface area contributed by atoms with Crippen molar-refractivity contribution in [2.24, 2.45) is 5.92 Å². The highest BCUT2D eigenvalue weighted by Gasteiger charge is 2.42. The summed E-state index contributed by atoms with van der Waals surface area (Å²) in [5, 5.41) is 2.84. The molecule has 8 heteroatoms. The second-order valence-electron chi connectivity index (χ2n) is 8.69. The van der Waals surface area contributed by atoms with Crippen molar-refractivity contribution >= 4 is 23.5 Å². The summed E-state index contributed by atoms with van der Waals surface area (Å²) in [6.45, 7) is 3.61. The van der Waals surface area contributed by atoms with Crippen LogP contribution in [0.2, 0.25) is 0 Å². The van der Waals surface area contributed by atoms with Crippen molar-refractivity contribution in [1.82, 2.24) is 5.32 Å². The Morgan fingerprint density at radius 2 is 1.63 bits per heavy atom. The molecule has 0 aromatic heterocycles. The van der Waals surface area contributed by atoms with Crippen molar-refractivity contribution in [3.8, 4) is 11.5 Å². The Bertz CT molecular complexity index is 1010. The van der Waals surface area contributed by atoms with Gasteiger partial charge in [-0.15, -0.1) is 0 Å². The van der Waals surface area contributed by atoms with Gasteiger partial charge < -0.3 is 24.4 Å². The topological polar surface area (TPSA) is 94.2 Å². The first-order valence-electron chi connectivity index (χ1n) is 11.9. The number of anilines is 1. The summed E-state index contributed by atoms with van der Waals surface area (Å²) < 4.78 is 16.0. The number of esters is 1. The average molecular weight is 483 g/mol. The third kappa shape index (κ3) is 6.53. The first-order valence-corrected chi connectivity index (χ1v) is 11.9. The Kier molecular flexibility index (Phi) is 9.11. The van der Waals surface area contributed by atoms with Crippen LogP contribution in [0.25, 0.3) is 0 Å². The smallest absolute Gasteiger partial charge is 0.311 e. The lowest BCUT2D eigenvalue weighted by Gasteiger charge is -2.40. The highest BCUT2D eigenvalue weighted by molar-refractivity contribution is 5.97. The predicted molar refractivity (Wildman–Crippen MR) is 132 cm³/mol. The number of ether oxygens (including phenoxy) is 3. The first kappa shape index (κ1) is 26.1. The van der Waals surface area contributed by atoms with E-state index >= 15 is 0 Å². The number of carbonyl (C=O) groups is 3. The second-order valence-corrected chi connectivity index (χ2v) is 8.69. The molecule has 188 valence electrons. The van der Waals surface area contributed by atoms with Crippen LogP contribution in [0.15, 0.2) is 48.5 Å². The van der Waals surface area contributed by atoms with E-state index in [0.29, 0.717) is 23.6 Å². The number of piperidine rings is 1. The Hall–Kier alpha value is -3.55. The molecule has 0 aliphatic carbocycles. The highest BCUT2D eigenvalue weighted by Crippen LogP contribution is 2.41. The van der Waals surface area contributed by atoms with E-state index < -0.39 is 17.9 Å². The van der Waals surface area contributed by atoms with E-state index in [1.165, 1.54) is 0 Å². The number of methoxy groups -OCH3 is 2. The molecule has 1 aliphatic heterocycles. The number of amides is 2. The summed E-state index contributed by atoms with van der Waals surface area (Å²) in [4.78, 5) is 40.2. The summed E-state index contributed by atoms with van der Waals surface area (Å²) in [7, 11) is 3.15. The van der Waals surface area contributed by atoms with E-state index in [0.717, 1.165) is 18.4 Å². The van der Waals surface area contributed by atoms with Gasteiger partial charge in [-0.25, -0.2) is 0 Å². The number of benzene rings is 2. The molecule has 1 fully saturated rings. The Balaban J connectivity index is 1.87. The summed E-state index contributed by atoms with van der Waals surface area (Å²) in [5.41, 5.74) is 1.43. The van der Waals surface area contributed by atoms with Crippen LogP contribution in [-0.2, 0) is 19.1 Å². The van der Waals surface area contributed by atoms with Crippen LogP contribution >= 0.6 is 0 Å². The van der Waals surface area contributed by atoms with Crippen LogP contribution in [0.5, 0.6) is 11.5 Å². The molecule has 1 heterocycles. The lowest BCUT2D eigenvalue weighted by atomic mass is 9.83. The number of nitrogens with one attached hydrogen (secondary N) is 1. The van der Waals surface area contributed by atoms with Crippen LogP contribution in [0.4, 0.5) is 5.69 Å². The zero-order chi connectivity index (χ0) is 25.4. The first-order chi connectivity index (χ1) is 16.9. The number of carbonyl (C=O) groups excluding carboxylic acids is 3. The fourth-order valence-corrected chi connectivity index (χ4v) is 4.43. The maximum Gasteiger partial charge on any atom is 0.311 e. The molecule has 2 aromatic rings. The number of rotatable bonds is 10. The Labute approximate surface area is 206 Å². The van der Waals surface area contributed by atoms with E-state index in [1.807, 2.05) is 26.0 Å². The van der Waals surface area contributed by atoms with Gasteiger partial charge in [-0.1, -0.05) is 25.5 Å². The molecule has 2 aromatic carbocycles. The molecular weight excluding hydrogens is 448 g/mol. The van der Waals surface area contributed by atoms with Gasteiger partial charge in [0.05, 0.1) is 26.2 Å². The second kappa shape index (κ2) is 12.2. The SMILES string of the molecule is CCC[C@H](C)NC(=O)COC(=O)[C@H]1CCC(=O)N(c2ccc(OC)cc2)[C@H]1c1ccc(OC)cc1. The number of hydrogen-bond acceptors (Lipinski definition) is 6. The molecule has 3 atom stereocenters. The van der Waals surface area contributed by atoms with Crippen LogP contribution in [0, 0.1) is 5.92 Å². The highest BCUT2D eigenvalue weighted by atomic mass is 16.5. The molecule has 35 heavy (non-hydrogen) atoms. The lowest BCUT2D eigenvalue weighted by molar-refractivity contribution is -0.154. The largest absolute Gasteiger partial charge is 0.497 e. The molecule has 0 saturated carbocycles. The van der Waals surface area contributed by atoms with Gasteiger partial charge in [-0.2, -0.15) is 0 Å². The zero-order valence-electron chi connectivity index (χ0n) is 20.8. The quantitative estimate of drug-likeness (QED) is 0.514. The van der Waals surface area contributed by atoms with Crippen molar-refractivity contribution < 1.29 is 28.6 Å². The number of hydrogen-bond donors (Lipinski definition) is 1. The van der Waals surface area contributed by atoms with Gasteiger partial charge in [0.25, 0.3) is 5.91 Å². The van der Waals surface area contributed by atoms with Gasteiger partial charge >= 0.3 is 5.97 Å². The maximum absolute atomic E-state index is 13.2. The third-order valence-electron chi connectivity index (χ3n) is 6.18. The molecule has 0 bridgehead atoms. The molecule has 1 saturated heterocycles. The molecule has 8 nitrogen and oxygen atoms in total. The monoisotopic (exact) mass is 482 g/mol. The summed E-state index contributed by atoms with van der Waals surface area (Å²) in [5.74, 6) is -0.230. The van der Waals surface area contributed by atoms with Crippen molar-refractivity contribution in [2.45, 2.75) is 51.6 Å². The van der Waals surface area contributed by atoms with E-state index in [9.17, 15) is 14.4 Å². The van der Waals surface area contributed by atoms with Gasteiger partial charge in [-0.3, -0.25) is 14.4 Å². The lowest BCUT2D eigenvalue weighted by Crippen LogP contribution is -2.46. The van der Waals surface area contributed by atoms with Gasteiger partial charge in [0.2, 0.25) is 5.91 Å². The van der Waals surface area contributed by atoms with Gasteiger partial charge in [0, 0.05) is 18.2 Å². The molecule has 0 unspecified atom stereocenters. The third-order valence-corrected chi connectivity index (χ3v) is 6.18. The molecule has 1 aliphatic rings. The van der Waals surface area contributed by atoms with Crippen molar-refractivity contribution in [2.75, 3.05) is 25.7 Å². The van der Waals surface area contributed by atoms with Crippen LogP contribution < -0.4 is 19.7 Å². The van der Waals surface area contributed by atoms with Gasteiger partial charge in [0.1, 0.15) is 11.5 Å². The Morgan fingerprint density at radius 1 is 1.03 bits per heavy atom. The minimum Gasteiger partial charge on any atom is -0.497 e. The summed E-state index contributed by atoms with van der Waals surface area (Å²) in [6, 6.07) is 13.8. The van der Waals surface area contributed by atoms with Gasteiger partial charge in [0.15, 0.2) is 6.61 Å². The summed E-state index contributed by atoms with van der Waals surface area (Å²) in [6.07, 6.45) is 2.32. The minimum atomic E-state index is -0.635. The van der Waals surface area contributed by atoms with Gasteiger partial charge in [-0.05, 0) is 61.7 Å². The Morgan fingerprint density at radius 3 is 2.20 bits per heavy atom. The van der Waals surface area contributed by atoms with Crippen molar-refractivity contribution in [3.63, 3.8) is 0 Å². The molecule has 2 amide bonds. The summed E-state index contributed by atoms with van der Waals surface area (Å²) >= 11 is 0. The van der Waals surface area contributed by atoms with Crippen molar-refractivity contribution in [3.05, 3.63) is 54.1 Å². The fraction of sp³-hybridized carbons (Fsp3) is 0.444. The van der Waals surface area contributed by atoms with E-state index in [-0.39, 0.29) is 30.9 Å². The fourth-order valence-electron chi connectivity index (χ4n) is 4.43. The standard InChI is InChI=1S/C27H34N2O6/c1-5-6-18(2)28-24(30)17-35-27(32)23-15-16-25(31)29(20-9-13-22(34-4)14-10-20)26(23)19-7-11-21(33-3)12-8-19/h7-14,18,23,26H,5-6,15-17H2,1-4H3,(H,28,30)/t18-,23-,26-/m0/s1. The van der Waals surface area contributed by atoms with Crippen molar-refractivity contribution in [1.29, 1.82) is 0 Å². The minimum absolute atomic E-state index is 0.0103. The molecule has 3 rings (SSSR count). The van der Waals surface area contributed by atoms with E-state index in [4.69, 9.17) is 14.2 Å². The van der Waals surface area contributed by atoms with Crippen LogP contribution in [0.3, 0.4) is 0 Å². The zero-order valence-corrected chi connectivity index (χ0v) is 20.8. The predicted octanol–water partition coefficient (Wildman–Crippen LogP) is 4.04. The van der Waals surface area contributed by atoms with E-state index in [1.54, 1.807) is 55.5 Å². The van der Waals surface area contributed by atoms with Crippen LogP contribution in [-0.4, -0.2) is 44.7 Å². The maximum atomic E-state index is 13.2. The van der Waals surface area contributed by atoms with Crippen LogP contribution in [0.1, 0.15) is 51.1 Å². The molecule has 0 radical (unpaired) electrons. The van der Waals surface area contributed by atoms with E-state index in [2.05, 4.69) is 5.32 Å². The normalized spacial score (nSPS) is 18.5. The molecule has 0 spiro atoms. The molecule has 1 N–H and O–H groups in total. The average Bonchev–Trinajstić information content (AvgIpc) is 2.87. The number of nitrogens with zero attached hydrogens (tertiary/aromatic N) is 1. The molecular formula is C27H34N2O6.